The highest BCUT2D eigenvalue weighted by Gasteiger charge is 2.40. The van der Waals surface area contributed by atoms with Gasteiger partial charge in [0.05, 0.1) is 11.6 Å². The molecule has 3 aromatic rings. The van der Waals surface area contributed by atoms with Gasteiger partial charge in [-0.3, -0.25) is 0 Å². The fourth-order valence-electron chi connectivity index (χ4n) is 4.62. The number of carboxylic acids is 1. The summed E-state index contributed by atoms with van der Waals surface area (Å²) >= 11 is 0. The summed E-state index contributed by atoms with van der Waals surface area (Å²) in [7, 11) is 0. The van der Waals surface area contributed by atoms with Crippen LogP contribution < -0.4 is 9.64 Å². The summed E-state index contributed by atoms with van der Waals surface area (Å²) in [5.41, 5.74) is 4.79. The van der Waals surface area contributed by atoms with Crippen molar-refractivity contribution in [2.24, 2.45) is 0 Å². The zero-order valence-corrected chi connectivity index (χ0v) is 19.2. The Balaban J connectivity index is 1.78. The Labute approximate surface area is 194 Å². The highest BCUT2D eigenvalue weighted by molar-refractivity contribution is 5.85. The summed E-state index contributed by atoms with van der Waals surface area (Å²) in [6.45, 7) is 7.01. The lowest BCUT2D eigenvalue weighted by molar-refractivity contribution is -0.131. The molecule has 0 fully saturated rings. The van der Waals surface area contributed by atoms with E-state index in [0.29, 0.717) is 0 Å². The normalized spacial score (nSPS) is 17.9. The second kappa shape index (κ2) is 9.02. The largest absolute Gasteiger partial charge is 0.508 e. The van der Waals surface area contributed by atoms with Crippen molar-refractivity contribution in [2.45, 2.75) is 38.8 Å². The molecule has 0 aromatic heterocycles. The van der Waals surface area contributed by atoms with Crippen LogP contribution >= 0.6 is 0 Å². The fraction of sp³-hybridized carbons (Fsp3) is 0.250. The van der Waals surface area contributed by atoms with Crippen molar-refractivity contribution < 1.29 is 19.7 Å². The van der Waals surface area contributed by atoms with Crippen LogP contribution in [-0.4, -0.2) is 28.8 Å². The van der Waals surface area contributed by atoms with Gasteiger partial charge in [0.15, 0.2) is 0 Å². The van der Waals surface area contributed by atoms with E-state index in [-0.39, 0.29) is 11.9 Å². The van der Waals surface area contributed by atoms with E-state index < -0.39 is 11.5 Å². The number of carbonyl (C=O) groups is 1. The smallest absolute Gasteiger partial charge is 0.328 e. The second-order valence-electron chi connectivity index (χ2n) is 8.77. The van der Waals surface area contributed by atoms with Gasteiger partial charge in [-0.2, -0.15) is 0 Å². The minimum Gasteiger partial charge on any atom is -0.508 e. The van der Waals surface area contributed by atoms with Crippen molar-refractivity contribution in [3.05, 3.63) is 95.1 Å². The van der Waals surface area contributed by atoms with Gasteiger partial charge in [-0.1, -0.05) is 30.3 Å². The van der Waals surface area contributed by atoms with Crippen LogP contribution in [-0.2, 0) is 16.8 Å². The van der Waals surface area contributed by atoms with Crippen molar-refractivity contribution in [3.63, 3.8) is 0 Å². The highest BCUT2D eigenvalue weighted by atomic mass is 16.5. The topological polar surface area (TPSA) is 70.0 Å². The SMILES string of the molecule is CC(C)Oc1ccc(N2CCc3cc(O)ccc3C2(C)c2ccc(C=CC(=O)O)cc2)cc1. The molecule has 170 valence electrons. The molecule has 0 bridgehead atoms. The van der Waals surface area contributed by atoms with E-state index in [1.165, 1.54) is 0 Å². The molecule has 5 heteroatoms. The zero-order chi connectivity index (χ0) is 23.6. The van der Waals surface area contributed by atoms with Gasteiger partial charge in [0.1, 0.15) is 11.5 Å². The molecule has 0 amide bonds. The number of aromatic hydroxyl groups is 1. The first-order valence-electron chi connectivity index (χ1n) is 11.2. The van der Waals surface area contributed by atoms with Crippen LogP contribution in [0.1, 0.15) is 43.0 Å². The molecule has 2 N–H and O–H groups in total. The van der Waals surface area contributed by atoms with Gasteiger partial charge in [0, 0.05) is 18.3 Å². The van der Waals surface area contributed by atoms with E-state index in [4.69, 9.17) is 9.84 Å². The van der Waals surface area contributed by atoms with Gasteiger partial charge >= 0.3 is 5.97 Å². The molecule has 0 spiro atoms. The average molecular weight is 444 g/mol. The molecule has 5 nitrogen and oxygen atoms in total. The van der Waals surface area contributed by atoms with E-state index in [1.54, 1.807) is 12.1 Å². The van der Waals surface area contributed by atoms with Crippen LogP contribution in [0.25, 0.3) is 6.08 Å². The van der Waals surface area contributed by atoms with E-state index >= 15 is 0 Å². The molecule has 1 aliphatic rings. The Bertz CT molecular complexity index is 1170. The van der Waals surface area contributed by atoms with Gasteiger partial charge in [-0.05, 0) is 91.9 Å². The molecule has 1 unspecified atom stereocenters. The van der Waals surface area contributed by atoms with Gasteiger partial charge in [0.2, 0.25) is 0 Å². The lowest BCUT2D eigenvalue weighted by Crippen LogP contribution is -2.49. The first-order valence-corrected chi connectivity index (χ1v) is 11.2. The number of benzene rings is 3. The highest BCUT2D eigenvalue weighted by Crippen LogP contribution is 2.44. The van der Waals surface area contributed by atoms with E-state index in [1.807, 2.05) is 62.4 Å². The summed E-state index contributed by atoms with van der Waals surface area (Å²) in [4.78, 5) is 13.2. The third kappa shape index (κ3) is 4.58. The molecule has 33 heavy (non-hydrogen) atoms. The Hall–Kier alpha value is -3.73. The summed E-state index contributed by atoms with van der Waals surface area (Å²) in [5, 5.41) is 19.0. The van der Waals surface area contributed by atoms with Crippen molar-refractivity contribution in [1.82, 2.24) is 0 Å². The number of ether oxygens (including phenoxy) is 1. The molecule has 1 aliphatic heterocycles. The maximum absolute atomic E-state index is 10.9. The molecular weight excluding hydrogens is 414 g/mol. The molecule has 0 saturated heterocycles. The maximum Gasteiger partial charge on any atom is 0.328 e. The molecular formula is C28H29NO4. The summed E-state index contributed by atoms with van der Waals surface area (Å²) in [6, 6.07) is 21.8. The number of fused-ring (bicyclic) bond motifs is 1. The first-order chi connectivity index (χ1) is 15.8. The number of hydrogen-bond donors (Lipinski definition) is 2. The number of aliphatic carboxylic acids is 1. The number of nitrogens with zero attached hydrogens (tertiary/aromatic N) is 1. The lowest BCUT2D eigenvalue weighted by Gasteiger charge is -2.48. The van der Waals surface area contributed by atoms with Crippen molar-refractivity contribution in [2.75, 3.05) is 11.4 Å². The number of phenolic OH excluding ortho intramolecular Hbond substituents is 1. The lowest BCUT2D eigenvalue weighted by atomic mass is 9.76. The zero-order valence-electron chi connectivity index (χ0n) is 19.2. The Morgan fingerprint density at radius 1 is 1.06 bits per heavy atom. The quantitative estimate of drug-likeness (QED) is 0.485. The second-order valence-corrected chi connectivity index (χ2v) is 8.77. The standard InChI is InChI=1S/C28H29NO4/c1-19(2)33-25-12-9-23(10-13-25)29-17-16-21-18-24(30)11-14-26(21)28(29,3)22-7-4-20(5-8-22)6-15-27(31)32/h4-15,18-19,30H,16-17H2,1-3H3,(H,31,32). The van der Waals surface area contributed by atoms with E-state index in [2.05, 4.69) is 24.0 Å². The number of phenols is 1. The molecule has 1 atom stereocenters. The minimum atomic E-state index is -0.969. The van der Waals surface area contributed by atoms with E-state index in [0.717, 1.165) is 52.7 Å². The fourth-order valence-corrected chi connectivity index (χ4v) is 4.62. The first kappa shape index (κ1) is 22.5. The molecule has 1 heterocycles. The Morgan fingerprint density at radius 3 is 2.39 bits per heavy atom. The van der Waals surface area contributed by atoms with Crippen LogP contribution in [0.15, 0.2) is 72.8 Å². The van der Waals surface area contributed by atoms with Crippen molar-refractivity contribution in [3.8, 4) is 11.5 Å². The van der Waals surface area contributed by atoms with Crippen molar-refractivity contribution >= 4 is 17.7 Å². The Kier molecular flexibility index (Phi) is 6.14. The summed E-state index contributed by atoms with van der Waals surface area (Å²) in [6.07, 6.45) is 3.67. The molecule has 3 aromatic carbocycles. The van der Waals surface area contributed by atoms with Crippen LogP contribution in [0.4, 0.5) is 5.69 Å². The third-order valence-electron chi connectivity index (χ3n) is 6.17. The minimum absolute atomic E-state index is 0.115. The number of carboxylic acid groups (broad SMARTS) is 1. The van der Waals surface area contributed by atoms with Crippen LogP contribution in [0.5, 0.6) is 11.5 Å². The van der Waals surface area contributed by atoms with Gasteiger partial charge in [-0.15, -0.1) is 0 Å². The van der Waals surface area contributed by atoms with Gasteiger partial charge in [0.25, 0.3) is 0 Å². The van der Waals surface area contributed by atoms with Crippen LogP contribution in [0, 0.1) is 0 Å². The third-order valence-corrected chi connectivity index (χ3v) is 6.17. The van der Waals surface area contributed by atoms with Gasteiger partial charge < -0.3 is 19.8 Å². The monoisotopic (exact) mass is 443 g/mol. The summed E-state index contributed by atoms with van der Waals surface area (Å²) in [5.74, 6) is 0.143. The predicted molar refractivity (Wildman–Crippen MR) is 131 cm³/mol. The van der Waals surface area contributed by atoms with Crippen molar-refractivity contribution in [1.29, 1.82) is 0 Å². The molecule has 0 aliphatic carbocycles. The average Bonchev–Trinajstić information content (AvgIpc) is 2.78. The number of rotatable bonds is 6. The van der Waals surface area contributed by atoms with Gasteiger partial charge in [-0.25, -0.2) is 4.79 Å². The van der Waals surface area contributed by atoms with Crippen LogP contribution in [0.3, 0.4) is 0 Å². The Morgan fingerprint density at radius 2 is 1.76 bits per heavy atom. The number of hydrogen-bond acceptors (Lipinski definition) is 4. The molecule has 0 saturated carbocycles. The van der Waals surface area contributed by atoms with Crippen LogP contribution in [0.2, 0.25) is 0 Å². The number of anilines is 1. The predicted octanol–water partition coefficient (Wildman–Crippen LogP) is 5.60. The molecule has 4 rings (SSSR count). The maximum atomic E-state index is 10.9. The molecule has 0 radical (unpaired) electrons. The summed E-state index contributed by atoms with van der Waals surface area (Å²) < 4.78 is 5.82. The van der Waals surface area contributed by atoms with E-state index in [9.17, 15) is 9.90 Å².